The van der Waals surface area contributed by atoms with Gasteiger partial charge in [0.05, 0.1) is 0 Å². The summed E-state index contributed by atoms with van der Waals surface area (Å²) in [5.74, 6) is 0.754. The number of ether oxygens (including phenoxy) is 1. The number of likely N-dealkylation sites (tertiary alicyclic amines) is 1. The third kappa shape index (κ3) is 3.01. The Morgan fingerprint density at radius 2 is 2.33 bits per heavy atom. The van der Waals surface area contributed by atoms with Crippen LogP contribution in [-0.4, -0.2) is 36.0 Å². The van der Waals surface area contributed by atoms with Crippen molar-refractivity contribution in [1.29, 1.82) is 0 Å². The number of benzene rings is 1. The molecule has 1 heterocycles. The Kier molecular flexibility index (Phi) is 3.87. The molecule has 2 atom stereocenters. The molecule has 0 aromatic heterocycles. The van der Waals surface area contributed by atoms with E-state index in [1.54, 1.807) is 11.8 Å². The Hall–Kier alpha value is -1.55. The minimum absolute atomic E-state index is 0.0180. The Bertz CT molecular complexity index is 434. The molecule has 0 aliphatic carbocycles. The highest BCUT2D eigenvalue weighted by molar-refractivity contribution is 5.81. The second-order valence-corrected chi connectivity index (χ2v) is 4.91. The molecule has 1 aromatic carbocycles. The first-order valence-electron chi connectivity index (χ1n) is 6.34. The van der Waals surface area contributed by atoms with Gasteiger partial charge in [-0.15, -0.1) is 0 Å². The Labute approximate surface area is 108 Å². The standard InChI is InChI=1S/C14H20N2O2/c1-10-4-3-5-13(8-10)18-11(2)14(17)16-7-6-12(15)9-16/h3-5,8,11-12H,6-7,9,15H2,1-2H3/t11?,12-/m0/s1. The number of aryl methyl sites for hydroxylation is 1. The summed E-state index contributed by atoms with van der Waals surface area (Å²) in [6.07, 6.45) is 0.417. The van der Waals surface area contributed by atoms with E-state index >= 15 is 0 Å². The quantitative estimate of drug-likeness (QED) is 0.877. The van der Waals surface area contributed by atoms with Crippen LogP contribution in [0.25, 0.3) is 0 Å². The summed E-state index contributed by atoms with van der Waals surface area (Å²) >= 11 is 0. The zero-order chi connectivity index (χ0) is 13.1. The summed E-state index contributed by atoms with van der Waals surface area (Å²) in [5, 5.41) is 0. The Morgan fingerprint density at radius 3 is 2.94 bits per heavy atom. The molecule has 1 amide bonds. The van der Waals surface area contributed by atoms with Gasteiger partial charge in [0.2, 0.25) is 0 Å². The lowest BCUT2D eigenvalue weighted by Crippen LogP contribution is -2.40. The molecule has 1 aromatic rings. The number of nitrogens with zero attached hydrogens (tertiary/aromatic N) is 1. The van der Waals surface area contributed by atoms with E-state index in [9.17, 15) is 4.79 Å². The summed E-state index contributed by atoms with van der Waals surface area (Å²) in [5.41, 5.74) is 6.92. The second-order valence-electron chi connectivity index (χ2n) is 4.91. The molecule has 2 N–H and O–H groups in total. The first kappa shape index (κ1) is 12.9. The van der Waals surface area contributed by atoms with Gasteiger partial charge in [0, 0.05) is 19.1 Å². The van der Waals surface area contributed by atoms with Crippen LogP contribution >= 0.6 is 0 Å². The zero-order valence-corrected chi connectivity index (χ0v) is 10.9. The van der Waals surface area contributed by atoms with Crippen LogP contribution in [0.1, 0.15) is 18.9 Å². The summed E-state index contributed by atoms with van der Waals surface area (Å²) < 4.78 is 5.67. The van der Waals surface area contributed by atoms with Crippen LogP contribution in [-0.2, 0) is 4.79 Å². The number of rotatable bonds is 3. The van der Waals surface area contributed by atoms with Crippen LogP contribution in [0.3, 0.4) is 0 Å². The molecule has 1 aliphatic rings. The van der Waals surface area contributed by atoms with Crippen LogP contribution in [0.15, 0.2) is 24.3 Å². The van der Waals surface area contributed by atoms with Gasteiger partial charge < -0.3 is 15.4 Å². The maximum absolute atomic E-state index is 12.1. The lowest BCUT2D eigenvalue weighted by molar-refractivity contribution is -0.136. The average Bonchev–Trinajstić information content (AvgIpc) is 2.75. The van der Waals surface area contributed by atoms with Gasteiger partial charge in [-0.1, -0.05) is 12.1 Å². The smallest absolute Gasteiger partial charge is 0.263 e. The van der Waals surface area contributed by atoms with Gasteiger partial charge in [-0.3, -0.25) is 4.79 Å². The molecule has 0 saturated carbocycles. The van der Waals surface area contributed by atoms with E-state index in [2.05, 4.69) is 0 Å². The van der Waals surface area contributed by atoms with Crippen molar-refractivity contribution in [2.45, 2.75) is 32.4 Å². The van der Waals surface area contributed by atoms with Gasteiger partial charge in [0.25, 0.3) is 5.91 Å². The number of carbonyl (C=O) groups excluding carboxylic acids is 1. The number of hydrogen-bond donors (Lipinski definition) is 1. The van der Waals surface area contributed by atoms with Crippen molar-refractivity contribution in [3.8, 4) is 5.75 Å². The molecule has 1 saturated heterocycles. The first-order chi connectivity index (χ1) is 8.56. The van der Waals surface area contributed by atoms with Crippen molar-refractivity contribution < 1.29 is 9.53 Å². The lowest BCUT2D eigenvalue weighted by atomic mass is 10.2. The number of nitrogens with two attached hydrogens (primary N) is 1. The molecule has 1 fully saturated rings. The van der Waals surface area contributed by atoms with Crippen molar-refractivity contribution in [1.82, 2.24) is 4.90 Å². The molecule has 4 nitrogen and oxygen atoms in total. The highest BCUT2D eigenvalue weighted by Gasteiger charge is 2.28. The van der Waals surface area contributed by atoms with Crippen LogP contribution in [0.2, 0.25) is 0 Å². The summed E-state index contributed by atoms with van der Waals surface area (Å²) in [6, 6.07) is 7.83. The first-order valence-corrected chi connectivity index (χ1v) is 6.34. The SMILES string of the molecule is Cc1cccc(OC(C)C(=O)N2CC[C@H](N)C2)c1. The number of hydrogen-bond acceptors (Lipinski definition) is 3. The fourth-order valence-corrected chi connectivity index (χ4v) is 2.19. The predicted octanol–water partition coefficient (Wildman–Crippen LogP) is 1.32. The van der Waals surface area contributed by atoms with Gasteiger partial charge in [0.1, 0.15) is 5.75 Å². The largest absolute Gasteiger partial charge is 0.481 e. The van der Waals surface area contributed by atoms with Gasteiger partial charge in [-0.25, -0.2) is 0 Å². The fraction of sp³-hybridized carbons (Fsp3) is 0.500. The van der Waals surface area contributed by atoms with Crippen LogP contribution < -0.4 is 10.5 Å². The van der Waals surface area contributed by atoms with E-state index in [1.807, 2.05) is 31.2 Å². The third-order valence-corrected chi connectivity index (χ3v) is 3.19. The highest BCUT2D eigenvalue weighted by atomic mass is 16.5. The van der Waals surface area contributed by atoms with Crippen LogP contribution in [0.4, 0.5) is 0 Å². The summed E-state index contributed by atoms with van der Waals surface area (Å²) in [4.78, 5) is 13.9. The monoisotopic (exact) mass is 248 g/mol. The Balaban J connectivity index is 1.95. The molecule has 0 spiro atoms. The summed E-state index contributed by atoms with van der Waals surface area (Å²) in [7, 11) is 0. The van der Waals surface area contributed by atoms with Gasteiger partial charge in [0.15, 0.2) is 6.10 Å². The molecular formula is C14H20N2O2. The van der Waals surface area contributed by atoms with Gasteiger partial charge >= 0.3 is 0 Å². The number of amides is 1. The minimum Gasteiger partial charge on any atom is -0.481 e. The van der Waals surface area contributed by atoms with E-state index in [4.69, 9.17) is 10.5 Å². The predicted molar refractivity (Wildman–Crippen MR) is 70.4 cm³/mol. The highest BCUT2D eigenvalue weighted by Crippen LogP contribution is 2.16. The number of carbonyl (C=O) groups is 1. The minimum atomic E-state index is -0.461. The zero-order valence-electron chi connectivity index (χ0n) is 10.9. The molecule has 0 radical (unpaired) electrons. The Morgan fingerprint density at radius 1 is 1.56 bits per heavy atom. The summed E-state index contributed by atoms with van der Waals surface area (Å²) in [6.45, 7) is 5.16. The van der Waals surface area contributed by atoms with E-state index in [1.165, 1.54) is 0 Å². The van der Waals surface area contributed by atoms with E-state index in [0.717, 1.165) is 24.3 Å². The molecule has 0 bridgehead atoms. The van der Waals surface area contributed by atoms with Crippen LogP contribution in [0.5, 0.6) is 5.75 Å². The van der Waals surface area contributed by atoms with Crippen molar-refractivity contribution in [2.75, 3.05) is 13.1 Å². The molecule has 1 unspecified atom stereocenters. The molecule has 4 heteroatoms. The van der Waals surface area contributed by atoms with E-state index < -0.39 is 6.10 Å². The maximum Gasteiger partial charge on any atom is 0.263 e. The third-order valence-electron chi connectivity index (χ3n) is 3.19. The second kappa shape index (κ2) is 5.40. The van der Waals surface area contributed by atoms with E-state index in [-0.39, 0.29) is 11.9 Å². The lowest BCUT2D eigenvalue weighted by Gasteiger charge is -2.21. The van der Waals surface area contributed by atoms with Crippen molar-refractivity contribution in [2.24, 2.45) is 5.73 Å². The van der Waals surface area contributed by atoms with Crippen LogP contribution in [0, 0.1) is 6.92 Å². The van der Waals surface area contributed by atoms with Gasteiger partial charge in [-0.2, -0.15) is 0 Å². The molecular weight excluding hydrogens is 228 g/mol. The molecule has 18 heavy (non-hydrogen) atoms. The van der Waals surface area contributed by atoms with Gasteiger partial charge in [-0.05, 0) is 38.0 Å². The maximum atomic E-state index is 12.1. The molecule has 98 valence electrons. The topological polar surface area (TPSA) is 55.6 Å². The normalized spacial score (nSPS) is 20.8. The van der Waals surface area contributed by atoms with E-state index in [0.29, 0.717) is 6.54 Å². The fourth-order valence-electron chi connectivity index (χ4n) is 2.19. The van der Waals surface area contributed by atoms with Crippen molar-refractivity contribution >= 4 is 5.91 Å². The average molecular weight is 248 g/mol. The van der Waals surface area contributed by atoms with Crippen molar-refractivity contribution in [3.05, 3.63) is 29.8 Å². The molecule has 2 rings (SSSR count). The van der Waals surface area contributed by atoms with Crippen molar-refractivity contribution in [3.63, 3.8) is 0 Å². The molecule has 1 aliphatic heterocycles.